The summed E-state index contributed by atoms with van der Waals surface area (Å²) in [6.45, 7) is 3.57. The van der Waals surface area contributed by atoms with E-state index in [2.05, 4.69) is 16.0 Å². The molecule has 0 saturated heterocycles. The molecule has 4 atom stereocenters. The third-order valence-electron chi connectivity index (χ3n) is 8.16. The highest BCUT2D eigenvalue weighted by Gasteiger charge is 2.31. The van der Waals surface area contributed by atoms with Gasteiger partial charge >= 0.3 is 12.1 Å². The fourth-order valence-corrected chi connectivity index (χ4v) is 5.52. The Morgan fingerprint density at radius 2 is 1.35 bits per heavy atom. The Labute approximate surface area is 298 Å². The highest BCUT2D eigenvalue weighted by atomic mass is 16.5. The number of primary amides is 1. The third-order valence-corrected chi connectivity index (χ3v) is 8.16. The van der Waals surface area contributed by atoms with Crippen molar-refractivity contribution in [1.29, 1.82) is 0 Å². The number of ether oxygens (including phenoxy) is 1. The zero-order chi connectivity index (χ0) is 36.6. The molecule has 4 aromatic rings. The number of amides is 5. The van der Waals surface area contributed by atoms with E-state index in [1.807, 2.05) is 105 Å². The fraction of sp³-hybridized carbons (Fsp3) is 0.333. The number of aliphatic hydroxyl groups excluding tert-OH is 1. The molecule has 1 aromatic heterocycles. The van der Waals surface area contributed by atoms with Gasteiger partial charge < -0.3 is 40.8 Å². The van der Waals surface area contributed by atoms with Crippen LogP contribution in [0.15, 0.2) is 114 Å². The first-order chi connectivity index (χ1) is 24.6. The van der Waals surface area contributed by atoms with Gasteiger partial charge in [0, 0.05) is 6.42 Å². The van der Waals surface area contributed by atoms with E-state index in [0.717, 1.165) is 16.7 Å². The van der Waals surface area contributed by atoms with Crippen molar-refractivity contribution >= 4 is 23.9 Å². The predicted octanol–water partition coefficient (Wildman–Crippen LogP) is 4.32. The number of nitrogens with one attached hydrogen (secondary N) is 3. The van der Waals surface area contributed by atoms with E-state index >= 15 is 0 Å². The lowest BCUT2D eigenvalue weighted by Crippen LogP contribution is -2.57. The zero-order valence-corrected chi connectivity index (χ0v) is 28.9. The number of nitrogens with two attached hydrogens (primary N) is 1. The Hall–Kier alpha value is -5.62. The van der Waals surface area contributed by atoms with Crippen LogP contribution in [0.2, 0.25) is 0 Å². The maximum absolute atomic E-state index is 14.0. The lowest BCUT2D eigenvalue weighted by molar-refractivity contribution is -0.128. The minimum atomic E-state index is -1.27. The van der Waals surface area contributed by atoms with E-state index in [4.69, 9.17) is 14.9 Å². The molecule has 0 aliphatic rings. The minimum Gasteiger partial charge on any atom is -0.467 e. The molecule has 0 spiro atoms. The van der Waals surface area contributed by atoms with E-state index in [0.29, 0.717) is 5.76 Å². The fourth-order valence-electron chi connectivity index (χ4n) is 5.52. The van der Waals surface area contributed by atoms with Gasteiger partial charge in [-0.05, 0) is 47.6 Å². The summed E-state index contributed by atoms with van der Waals surface area (Å²) in [5.41, 5.74) is 8.12. The SMILES string of the molecule is CC(C)C[C@H](NC(=O)N(Cc1ccco1)C[C@@H](O)[C@H](Cc1ccccc1)NC(=O)OCc1ccccc1)C(=O)N[C@@H](Cc1ccccc1)C(N)=O. The number of rotatable bonds is 18. The molecule has 4 rings (SSSR count). The van der Waals surface area contributed by atoms with Crippen molar-refractivity contribution in [3.05, 3.63) is 132 Å². The van der Waals surface area contributed by atoms with Crippen molar-refractivity contribution in [3.8, 4) is 0 Å². The number of aliphatic hydroxyl groups is 1. The molecule has 51 heavy (non-hydrogen) atoms. The number of hydrogen-bond donors (Lipinski definition) is 5. The average molecular weight is 698 g/mol. The lowest BCUT2D eigenvalue weighted by atomic mass is 10.0. The lowest BCUT2D eigenvalue weighted by Gasteiger charge is -2.31. The molecule has 6 N–H and O–H groups in total. The summed E-state index contributed by atoms with van der Waals surface area (Å²) in [5.74, 6) is -0.843. The summed E-state index contributed by atoms with van der Waals surface area (Å²) in [4.78, 5) is 54.1. The van der Waals surface area contributed by atoms with Crippen molar-refractivity contribution in [2.24, 2.45) is 11.7 Å². The molecule has 1 heterocycles. The van der Waals surface area contributed by atoms with Crippen LogP contribution in [0, 0.1) is 5.92 Å². The first-order valence-corrected chi connectivity index (χ1v) is 17.0. The van der Waals surface area contributed by atoms with Gasteiger partial charge in [-0.1, -0.05) is 105 Å². The Bertz CT molecular complexity index is 1650. The first-order valence-electron chi connectivity index (χ1n) is 17.0. The standard InChI is InChI=1S/C39H47N5O7/c1-27(2)21-34(37(47)41-33(36(40)46)23-29-15-8-4-9-16-29)42-38(48)44(24-31-19-12-20-50-31)25-35(45)32(22-28-13-6-3-7-14-28)43-39(49)51-26-30-17-10-5-11-18-30/h3-20,27,32-35,45H,21-26H2,1-2H3,(H2,40,46)(H,41,47)(H,42,48)(H,43,49)/t32-,33-,34-,35+/m0/s1. The van der Waals surface area contributed by atoms with Crippen LogP contribution in [0.5, 0.6) is 0 Å². The molecule has 5 amide bonds. The van der Waals surface area contributed by atoms with Crippen molar-refractivity contribution < 1.29 is 33.4 Å². The second kappa shape index (κ2) is 19.5. The Morgan fingerprint density at radius 1 is 0.765 bits per heavy atom. The molecule has 12 nitrogen and oxygen atoms in total. The van der Waals surface area contributed by atoms with Gasteiger partial charge in [0.25, 0.3) is 0 Å². The third kappa shape index (κ3) is 13.0. The van der Waals surface area contributed by atoms with Crippen LogP contribution >= 0.6 is 0 Å². The molecule has 0 aliphatic carbocycles. The van der Waals surface area contributed by atoms with E-state index < -0.39 is 48.2 Å². The van der Waals surface area contributed by atoms with Crippen LogP contribution in [0.4, 0.5) is 9.59 Å². The maximum atomic E-state index is 14.0. The van der Waals surface area contributed by atoms with E-state index in [1.165, 1.54) is 11.2 Å². The van der Waals surface area contributed by atoms with Gasteiger partial charge in [0.15, 0.2) is 0 Å². The highest BCUT2D eigenvalue weighted by molar-refractivity contribution is 5.91. The number of carbonyl (C=O) groups is 4. The van der Waals surface area contributed by atoms with E-state index in [-0.39, 0.29) is 44.9 Å². The molecule has 0 bridgehead atoms. The smallest absolute Gasteiger partial charge is 0.407 e. The maximum Gasteiger partial charge on any atom is 0.407 e. The van der Waals surface area contributed by atoms with Crippen LogP contribution in [0.3, 0.4) is 0 Å². The van der Waals surface area contributed by atoms with Gasteiger partial charge in [-0.2, -0.15) is 0 Å². The van der Waals surface area contributed by atoms with Crippen LogP contribution < -0.4 is 21.7 Å². The Balaban J connectivity index is 1.50. The molecule has 0 saturated carbocycles. The van der Waals surface area contributed by atoms with Crippen LogP contribution in [0.1, 0.15) is 42.7 Å². The number of benzene rings is 3. The topological polar surface area (TPSA) is 176 Å². The Morgan fingerprint density at radius 3 is 1.90 bits per heavy atom. The molecule has 0 aliphatic heterocycles. The molecule has 0 fully saturated rings. The number of hydrogen-bond acceptors (Lipinski definition) is 7. The molecular formula is C39H47N5O7. The second-order valence-corrected chi connectivity index (χ2v) is 12.8. The molecule has 3 aromatic carbocycles. The van der Waals surface area contributed by atoms with Crippen LogP contribution in [-0.4, -0.2) is 64.7 Å². The normalized spacial score (nSPS) is 13.3. The monoisotopic (exact) mass is 697 g/mol. The average Bonchev–Trinajstić information content (AvgIpc) is 3.64. The number of carbonyl (C=O) groups excluding carboxylic acids is 4. The molecule has 0 radical (unpaired) electrons. The van der Waals surface area contributed by atoms with Gasteiger partial charge in [0.2, 0.25) is 11.8 Å². The van der Waals surface area contributed by atoms with Crippen LogP contribution in [0.25, 0.3) is 0 Å². The van der Waals surface area contributed by atoms with Gasteiger partial charge in [-0.15, -0.1) is 0 Å². The first kappa shape index (κ1) is 38.2. The van der Waals surface area contributed by atoms with Crippen LogP contribution in [-0.2, 0) is 40.3 Å². The largest absolute Gasteiger partial charge is 0.467 e. The highest BCUT2D eigenvalue weighted by Crippen LogP contribution is 2.14. The summed E-state index contributed by atoms with van der Waals surface area (Å²) in [5, 5.41) is 19.9. The van der Waals surface area contributed by atoms with Crippen molar-refractivity contribution in [1.82, 2.24) is 20.9 Å². The molecule has 12 heteroatoms. The van der Waals surface area contributed by atoms with Crippen molar-refractivity contribution in [3.63, 3.8) is 0 Å². The quantitative estimate of drug-likeness (QED) is 0.103. The molecule has 0 unspecified atom stereocenters. The van der Waals surface area contributed by atoms with Crippen molar-refractivity contribution in [2.75, 3.05) is 6.54 Å². The summed E-state index contributed by atoms with van der Waals surface area (Å²) in [6.07, 6.45) is 0.164. The summed E-state index contributed by atoms with van der Waals surface area (Å²) < 4.78 is 11.0. The van der Waals surface area contributed by atoms with Crippen molar-refractivity contribution in [2.45, 2.75) is 70.5 Å². The van der Waals surface area contributed by atoms with Gasteiger partial charge in [0.1, 0.15) is 24.5 Å². The molecule has 270 valence electrons. The van der Waals surface area contributed by atoms with E-state index in [1.54, 1.807) is 12.1 Å². The summed E-state index contributed by atoms with van der Waals surface area (Å²) in [7, 11) is 0. The summed E-state index contributed by atoms with van der Waals surface area (Å²) >= 11 is 0. The van der Waals surface area contributed by atoms with Gasteiger partial charge in [-0.25, -0.2) is 9.59 Å². The second-order valence-electron chi connectivity index (χ2n) is 12.8. The molecular weight excluding hydrogens is 650 g/mol. The predicted molar refractivity (Wildman–Crippen MR) is 192 cm³/mol. The number of furan rings is 1. The van der Waals surface area contributed by atoms with E-state index in [9.17, 15) is 24.3 Å². The number of urea groups is 1. The van der Waals surface area contributed by atoms with Gasteiger partial charge in [-0.3, -0.25) is 9.59 Å². The number of nitrogens with zero attached hydrogens (tertiary/aromatic N) is 1. The zero-order valence-electron chi connectivity index (χ0n) is 28.9. The minimum absolute atomic E-state index is 0.00679. The van der Waals surface area contributed by atoms with Gasteiger partial charge in [0.05, 0.1) is 31.5 Å². The number of alkyl carbamates (subject to hydrolysis) is 1. The Kier molecular flexibility index (Phi) is 14.6. The summed E-state index contributed by atoms with van der Waals surface area (Å²) in [6, 6.07) is 27.5.